The van der Waals surface area contributed by atoms with Crippen LogP contribution in [0.5, 0.6) is 5.75 Å². The molecule has 0 saturated carbocycles. The number of carbonyl (C=O) groups excluding carboxylic acids is 1. The lowest BCUT2D eigenvalue weighted by Gasteiger charge is -2.22. The minimum absolute atomic E-state index is 0.103. The summed E-state index contributed by atoms with van der Waals surface area (Å²) in [5.74, 6) is 2.00. The molecule has 0 bridgehead atoms. The Morgan fingerprint density at radius 3 is 2.62 bits per heavy atom. The Labute approximate surface area is 166 Å². The molecule has 2 atom stereocenters. The van der Waals surface area contributed by atoms with E-state index in [4.69, 9.17) is 4.74 Å². The van der Waals surface area contributed by atoms with E-state index in [1.165, 1.54) is 12.1 Å². The summed E-state index contributed by atoms with van der Waals surface area (Å²) >= 11 is 0. The van der Waals surface area contributed by atoms with Crippen LogP contribution in [0, 0.1) is 24.6 Å². The summed E-state index contributed by atoms with van der Waals surface area (Å²) in [6.45, 7) is 4.81. The van der Waals surface area contributed by atoms with Crippen LogP contribution < -0.4 is 9.64 Å². The largest absolute Gasteiger partial charge is 0.481 e. The van der Waals surface area contributed by atoms with E-state index in [2.05, 4.69) is 20.2 Å². The van der Waals surface area contributed by atoms with Crippen molar-refractivity contribution in [1.29, 1.82) is 0 Å². The smallest absolute Gasteiger partial charge is 0.260 e. The van der Waals surface area contributed by atoms with E-state index in [0.717, 1.165) is 30.4 Å². The maximum Gasteiger partial charge on any atom is 0.260 e. The van der Waals surface area contributed by atoms with Crippen LogP contribution in [-0.4, -0.2) is 63.4 Å². The second-order valence-corrected chi connectivity index (χ2v) is 7.65. The molecular formula is C20H21FN6O2. The highest BCUT2D eigenvalue weighted by Gasteiger charge is 2.42. The number of halogens is 1. The van der Waals surface area contributed by atoms with Crippen LogP contribution in [0.4, 0.5) is 10.2 Å². The number of ether oxygens (including phenoxy) is 1. The molecule has 2 saturated heterocycles. The number of likely N-dealkylation sites (tertiary alicyclic amines) is 1. The first-order chi connectivity index (χ1) is 14.1. The van der Waals surface area contributed by atoms with Gasteiger partial charge in [0.15, 0.2) is 29.6 Å². The summed E-state index contributed by atoms with van der Waals surface area (Å²) < 4.78 is 20.8. The van der Waals surface area contributed by atoms with Gasteiger partial charge in [-0.05, 0) is 31.2 Å². The third-order valence-corrected chi connectivity index (χ3v) is 5.76. The summed E-state index contributed by atoms with van der Waals surface area (Å²) in [6.07, 6.45) is 0. The number of rotatable bonds is 4. The number of aryl methyl sites for hydroxylation is 1. The SMILES string of the molecule is Cc1nnc2ccc(N3CC4CN(C(=O)COc5ccccc5F)CC4C3)nn12. The van der Waals surface area contributed by atoms with Crippen molar-refractivity contribution in [3.63, 3.8) is 0 Å². The molecule has 8 nitrogen and oxygen atoms in total. The number of hydrogen-bond donors (Lipinski definition) is 0. The molecule has 4 heterocycles. The van der Waals surface area contributed by atoms with Gasteiger partial charge in [-0.2, -0.15) is 4.52 Å². The Balaban J connectivity index is 1.20. The predicted octanol–water partition coefficient (Wildman–Crippen LogP) is 1.55. The Morgan fingerprint density at radius 2 is 1.86 bits per heavy atom. The minimum atomic E-state index is -0.456. The second kappa shape index (κ2) is 6.98. The van der Waals surface area contributed by atoms with Crippen LogP contribution in [0.2, 0.25) is 0 Å². The Hall–Kier alpha value is -3.23. The van der Waals surface area contributed by atoms with Crippen molar-refractivity contribution in [2.75, 3.05) is 37.7 Å². The molecule has 0 N–H and O–H groups in total. The van der Waals surface area contributed by atoms with E-state index < -0.39 is 5.82 Å². The zero-order chi connectivity index (χ0) is 20.0. The molecule has 29 heavy (non-hydrogen) atoms. The number of carbonyl (C=O) groups is 1. The van der Waals surface area contributed by atoms with Crippen LogP contribution in [0.3, 0.4) is 0 Å². The van der Waals surface area contributed by atoms with Gasteiger partial charge in [0, 0.05) is 38.0 Å². The monoisotopic (exact) mass is 396 g/mol. The molecule has 2 fully saturated rings. The van der Waals surface area contributed by atoms with E-state index in [1.807, 2.05) is 24.0 Å². The number of fused-ring (bicyclic) bond motifs is 2. The molecule has 150 valence electrons. The quantitative estimate of drug-likeness (QED) is 0.666. The van der Waals surface area contributed by atoms with Gasteiger partial charge in [0.1, 0.15) is 5.82 Å². The number of amides is 1. The lowest BCUT2D eigenvalue weighted by atomic mass is 10.0. The van der Waals surface area contributed by atoms with Crippen molar-refractivity contribution < 1.29 is 13.9 Å². The normalized spacial score (nSPS) is 21.0. The van der Waals surface area contributed by atoms with Gasteiger partial charge >= 0.3 is 0 Å². The van der Waals surface area contributed by atoms with Gasteiger partial charge in [-0.3, -0.25) is 4.79 Å². The van der Waals surface area contributed by atoms with Crippen molar-refractivity contribution in [3.8, 4) is 5.75 Å². The molecule has 2 aliphatic rings. The molecule has 0 spiro atoms. The fourth-order valence-electron chi connectivity index (χ4n) is 4.23. The van der Waals surface area contributed by atoms with Gasteiger partial charge in [0.2, 0.25) is 0 Å². The van der Waals surface area contributed by atoms with Gasteiger partial charge < -0.3 is 14.5 Å². The maximum absolute atomic E-state index is 13.6. The van der Waals surface area contributed by atoms with E-state index in [9.17, 15) is 9.18 Å². The molecule has 1 aromatic carbocycles. The summed E-state index contributed by atoms with van der Waals surface area (Å²) in [5, 5.41) is 12.8. The number of anilines is 1. The molecule has 0 aliphatic carbocycles. The van der Waals surface area contributed by atoms with Gasteiger partial charge in [0.05, 0.1) is 0 Å². The molecule has 1 amide bonds. The highest BCUT2D eigenvalue weighted by molar-refractivity contribution is 5.78. The second-order valence-electron chi connectivity index (χ2n) is 7.65. The summed E-state index contributed by atoms with van der Waals surface area (Å²) in [6, 6.07) is 10.0. The fourth-order valence-corrected chi connectivity index (χ4v) is 4.23. The third kappa shape index (κ3) is 3.26. The lowest BCUT2D eigenvalue weighted by Crippen LogP contribution is -2.36. The van der Waals surface area contributed by atoms with Crippen LogP contribution in [0.15, 0.2) is 36.4 Å². The van der Waals surface area contributed by atoms with Crippen molar-refractivity contribution in [1.82, 2.24) is 24.7 Å². The minimum Gasteiger partial charge on any atom is -0.481 e. The molecule has 2 unspecified atom stereocenters. The molecule has 9 heteroatoms. The first-order valence-electron chi connectivity index (χ1n) is 9.67. The average molecular weight is 396 g/mol. The topological polar surface area (TPSA) is 75.9 Å². The number of para-hydroxylation sites is 1. The first-order valence-corrected chi connectivity index (χ1v) is 9.67. The zero-order valence-electron chi connectivity index (χ0n) is 16.0. The lowest BCUT2D eigenvalue weighted by molar-refractivity contribution is -0.132. The summed E-state index contributed by atoms with van der Waals surface area (Å²) in [5.41, 5.74) is 0.734. The third-order valence-electron chi connectivity index (χ3n) is 5.76. The van der Waals surface area contributed by atoms with E-state index in [0.29, 0.717) is 24.9 Å². The standard InChI is InChI=1S/C20H21FN6O2/c1-13-22-23-18-6-7-19(24-27(13)18)25-8-14-10-26(11-15(14)9-25)20(28)12-29-17-5-3-2-4-16(17)21/h2-7,14-15H,8-12H2,1H3. The molecule has 2 aliphatic heterocycles. The van der Waals surface area contributed by atoms with Crippen LogP contribution in [0.25, 0.3) is 5.65 Å². The van der Waals surface area contributed by atoms with Crippen molar-refractivity contribution >= 4 is 17.4 Å². The number of hydrogen-bond acceptors (Lipinski definition) is 6. The molecular weight excluding hydrogens is 375 g/mol. The fraction of sp³-hybridized carbons (Fsp3) is 0.400. The van der Waals surface area contributed by atoms with Crippen molar-refractivity contribution in [3.05, 3.63) is 48.0 Å². The van der Waals surface area contributed by atoms with Gasteiger partial charge in [-0.1, -0.05) is 12.1 Å². The maximum atomic E-state index is 13.6. The molecule has 2 aromatic heterocycles. The van der Waals surface area contributed by atoms with Gasteiger partial charge in [-0.15, -0.1) is 15.3 Å². The van der Waals surface area contributed by atoms with Crippen molar-refractivity contribution in [2.24, 2.45) is 11.8 Å². The highest BCUT2D eigenvalue weighted by atomic mass is 19.1. The van der Waals surface area contributed by atoms with Gasteiger partial charge in [-0.25, -0.2) is 4.39 Å². The van der Waals surface area contributed by atoms with Gasteiger partial charge in [0.25, 0.3) is 5.91 Å². The van der Waals surface area contributed by atoms with Crippen molar-refractivity contribution in [2.45, 2.75) is 6.92 Å². The van der Waals surface area contributed by atoms with Crippen LogP contribution in [0.1, 0.15) is 5.82 Å². The predicted molar refractivity (Wildman–Crippen MR) is 103 cm³/mol. The summed E-state index contributed by atoms with van der Waals surface area (Å²) in [4.78, 5) is 16.6. The Bertz CT molecular complexity index is 1060. The molecule has 5 rings (SSSR count). The number of benzene rings is 1. The van der Waals surface area contributed by atoms with E-state index in [-0.39, 0.29) is 18.3 Å². The average Bonchev–Trinajstić information content (AvgIpc) is 3.40. The molecule has 3 aromatic rings. The Kier molecular flexibility index (Phi) is 4.30. The van der Waals surface area contributed by atoms with Crippen LogP contribution in [-0.2, 0) is 4.79 Å². The van der Waals surface area contributed by atoms with E-state index >= 15 is 0 Å². The number of nitrogens with zero attached hydrogens (tertiary/aromatic N) is 6. The summed E-state index contributed by atoms with van der Waals surface area (Å²) in [7, 11) is 0. The highest BCUT2D eigenvalue weighted by Crippen LogP contribution is 2.33. The first kappa shape index (κ1) is 17.8. The van der Waals surface area contributed by atoms with E-state index in [1.54, 1.807) is 16.6 Å². The number of aromatic nitrogens is 4. The Morgan fingerprint density at radius 1 is 1.10 bits per heavy atom. The molecule has 0 radical (unpaired) electrons. The zero-order valence-corrected chi connectivity index (χ0v) is 16.0. The van der Waals surface area contributed by atoms with Crippen LogP contribution >= 0.6 is 0 Å².